The van der Waals surface area contributed by atoms with Gasteiger partial charge in [-0.15, -0.1) is 0 Å². The van der Waals surface area contributed by atoms with Crippen molar-refractivity contribution in [3.8, 4) is 0 Å². The highest BCUT2D eigenvalue weighted by molar-refractivity contribution is 5.47. The number of aromatic nitrogens is 2. The molecule has 0 aliphatic heterocycles. The van der Waals surface area contributed by atoms with Crippen LogP contribution in [0.1, 0.15) is 25.6 Å². The number of nitrogens with two attached hydrogens (primary N) is 1. The Kier molecular flexibility index (Phi) is 2.25. The first-order chi connectivity index (χ1) is 6.70. The van der Waals surface area contributed by atoms with E-state index in [0.29, 0.717) is 5.92 Å². The van der Waals surface area contributed by atoms with Crippen molar-refractivity contribution < 1.29 is 0 Å². The van der Waals surface area contributed by atoms with Crippen LogP contribution in [-0.4, -0.2) is 9.38 Å². The van der Waals surface area contributed by atoms with Gasteiger partial charge >= 0.3 is 0 Å². The summed E-state index contributed by atoms with van der Waals surface area (Å²) in [4.78, 5) is 4.07. The van der Waals surface area contributed by atoms with Crippen molar-refractivity contribution in [1.29, 1.82) is 0 Å². The first-order valence-corrected chi connectivity index (χ1v) is 4.86. The van der Waals surface area contributed by atoms with Crippen molar-refractivity contribution in [2.45, 2.75) is 19.9 Å². The molecule has 0 bridgehead atoms. The molecule has 2 aromatic heterocycles. The third kappa shape index (κ3) is 1.40. The summed E-state index contributed by atoms with van der Waals surface area (Å²) in [5.74, 6) is 0.446. The highest BCUT2D eigenvalue weighted by atomic mass is 14.9. The molecule has 0 aliphatic rings. The Morgan fingerprint density at radius 1 is 1.36 bits per heavy atom. The lowest BCUT2D eigenvalue weighted by Crippen LogP contribution is -2.18. The molecule has 0 saturated heterocycles. The molecule has 0 aromatic carbocycles. The van der Waals surface area contributed by atoms with E-state index in [2.05, 4.69) is 29.3 Å². The van der Waals surface area contributed by atoms with Crippen molar-refractivity contribution in [3.63, 3.8) is 0 Å². The van der Waals surface area contributed by atoms with Gasteiger partial charge in [-0.2, -0.15) is 0 Å². The molecule has 0 aliphatic carbocycles. The van der Waals surface area contributed by atoms with E-state index in [-0.39, 0.29) is 6.04 Å². The molecular formula is C11H15N3. The van der Waals surface area contributed by atoms with Gasteiger partial charge in [0.15, 0.2) is 0 Å². The summed E-state index contributed by atoms with van der Waals surface area (Å²) in [6, 6.07) is 4.20. The van der Waals surface area contributed by atoms with Crippen LogP contribution in [-0.2, 0) is 0 Å². The first-order valence-electron chi connectivity index (χ1n) is 4.86. The summed E-state index contributed by atoms with van der Waals surface area (Å²) in [5.41, 5.74) is 8.35. The summed E-state index contributed by atoms with van der Waals surface area (Å²) >= 11 is 0. The fourth-order valence-electron chi connectivity index (χ4n) is 1.60. The minimum atomic E-state index is 0.0832. The molecule has 2 aromatic rings. The van der Waals surface area contributed by atoms with Crippen molar-refractivity contribution in [3.05, 3.63) is 36.4 Å². The predicted molar refractivity (Wildman–Crippen MR) is 57.0 cm³/mol. The summed E-state index contributed by atoms with van der Waals surface area (Å²) in [6.45, 7) is 4.26. The average molecular weight is 189 g/mol. The standard InChI is InChI=1S/C11H15N3/c1-8(2)11(12)10-4-3-9-7-13-5-6-14(9)10/h3-8,11H,12H2,1-2H3. The van der Waals surface area contributed by atoms with Crippen molar-refractivity contribution in [1.82, 2.24) is 9.38 Å². The number of hydrogen-bond acceptors (Lipinski definition) is 2. The Bertz CT molecular complexity index is 431. The Hall–Kier alpha value is -1.35. The van der Waals surface area contributed by atoms with Gasteiger partial charge in [0, 0.05) is 24.1 Å². The maximum Gasteiger partial charge on any atom is 0.0637 e. The van der Waals surface area contributed by atoms with Crippen molar-refractivity contribution in [2.24, 2.45) is 11.7 Å². The number of nitrogens with zero attached hydrogens (tertiary/aromatic N) is 2. The molecule has 2 N–H and O–H groups in total. The van der Waals surface area contributed by atoms with Crippen LogP contribution in [0.25, 0.3) is 5.52 Å². The lowest BCUT2D eigenvalue weighted by Gasteiger charge is -2.15. The van der Waals surface area contributed by atoms with Gasteiger partial charge in [-0.25, -0.2) is 0 Å². The second-order valence-electron chi connectivity index (χ2n) is 3.90. The molecule has 0 saturated carbocycles. The van der Waals surface area contributed by atoms with Crippen LogP contribution in [0.3, 0.4) is 0 Å². The van der Waals surface area contributed by atoms with Crippen LogP contribution in [0, 0.1) is 5.92 Å². The Labute approximate surface area is 83.6 Å². The molecule has 74 valence electrons. The Morgan fingerprint density at radius 2 is 2.14 bits per heavy atom. The topological polar surface area (TPSA) is 43.3 Å². The van der Waals surface area contributed by atoms with Crippen LogP contribution < -0.4 is 5.73 Å². The predicted octanol–water partition coefficient (Wildman–Crippen LogP) is 1.99. The van der Waals surface area contributed by atoms with Crippen LogP contribution in [0.5, 0.6) is 0 Å². The molecule has 3 heteroatoms. The van der Waals surface area contributed by atoms with Gasteiger partial charge in [0.1, 0.15) is 0 Å². The molecule has 1 unspecified atom stereocenters. The molecule has 14 heavy (non-hydrogen) atoms. The van der Waals surface area contributed by atoms with Gasteiger partial charge in [0.2, 0.25) is 0 Å². The summed E-state index contributed by atoms with van der Waals surface area (Å²) < 4.78 is 2.09. The van der Waals surface area contributed by atoms with E-state index in [1.54, 1.807) is 6.20 Å². The van der Waals surface area contributed by atoms with Crippen LogP contribution in [0.2, 0.25) is 0 Å². The number of fused-ring (bicyclic) bond motifs is 1. The summed E-state index contributed by atoms with van der Waals surface area (Å²) in [5, 5.41) is 0. The van der Waals surface area contributed by atoms with Crippen molar-refractivity contribution >= 4 is 5.52 Å². The van der Waals surface area contributed by atoms with Gasteiger partial charge in [-0.1, -0.05) is 13.8 Å². The lowest BCUT2D eigenvalue weighted by molar-refractivity contribution is 0.500. The zero-order chi connectivity index (χ0) is 10.1. The van der Waals surface area contributed by atoms with E-state index in [1.807, 2.05) is 18.5 Å². The van der Waals surface area contributed by atoms with Crippen LogP contribution >= 0.6 is 0 Å². The summed E-state index contributed by atoms with van der Waals surface area (Å²) in [7, 11) is 0. The minimum Gasteiger partial charge on any atom is -0.323 e. The molecule has 1 atom stereocenters. The molecule has 0 fully saturated rings. The SMILES string of the molecule is CC(C)C(N)c1ccc2cnccn12. The van der Waals surface area contributed by atoms with Gasteiger partial charge in [0.05, 0.1) is 11.7 Å². The smallest absolute Gasteiger partial charge is 0.0637 e. The third-order valence-corrected chi connectivity index (χ3v) is 2.55. The van der Waals surface area contributed by atoms with Crippen LogP contribution in [0.15, 0.2) is 30.7 Å². The van der Waals surface area contributed by atoms with Crippen LogP contribution in [0.4, 0.5) is 0 Å². The van der Waals surface area contributed by atoms with Gasteiger partial charge in [-0.3, -0.25) is 4.98 Å². The number of rotatable bonds is 2. The van der Waals surface area contributed by atoms with E-state index in [0.717, 1.165) is 11.2 Å². The first kappa shape index (κ1) is 9.21. The second-order valence-corrected chi connectivity index (χ2v) is 3.90. The Balaban J connectivity index is 2.53. The minimum absolute atomic E-state index is 0.0832. The molecule has 0 spiro atoms. The maximum atomic E-state index is 6.11. The highest BCUT2D eigenvalue weighted by Gasteiger charge is 2.13. The maximum absolute atomic E-state index is 6.11. The molecular weight excluding hydrogens is 174 g/mol. The fraction of sp³-hybridized carbons (Fsp3) is 0.364. The van der Waals surface area contributed by atoms with Gasteiger partial charge in [-0.05, 0) is 18.1 Å². The van der Waals surface area contributed by atoms with E-state index >= 15 is 0 Å². The molecule has 0 amide bonds. The average Bonchev–Trinajstić information content (AvgIpc) is 2.60. The highest BCUT2D eigenvalue weighted by Crippen LogP contribution is 2.20. The van der Waals surface area contributed by atoms with Crippen molar-refractivity contribution in [2.75, 3.05) is 0 Å². The molecule has 2 rings (SSSR count). The Morgan fingerprint density at radius 3 is 2.86 bits per heavy atom. The fourth-order valence-corrected chi connectivity index (χ4v) is 1.60. The van der Waals surface area contributed by atoms with E-state index < -0.39 is 0 Å². The second kappa shape index (κ2) is 3.42. The van der Waals surface area contributed by atoms with Gasteiger partial charge in [0.25, 0.3) is 0 Å². The summed E-state index contributed by atoms with van der Waals surface area (Å²) in [6.07, 6.45) is 5.58. The molecule has 0 radical (unpaired) electrons. The van der Waals surface area contributed by atoms with E-state index in [4.69, 9.17) is 5.73 Å². The van der Waals surface area contributed by atoms with E-state index in [9.17, 15) is 0 Å². The quantitative estimate of drug-likeness (QED) is 0.785. The third-order valence-electron chi connectivity index (χ3n) is 2.55. The molecule has 2 heterocycles. The molecule has 3 nitrogen and oxygen atoms in total. The zero-order valence-electron chi connectivity index (χ0n) is 8.51. The monoisotopic (exact) mass is 189 g/mol. The zero-order valence-corrected chi connectivity index (χ0v) is 8.51. The normalized spacial score (nSPS) is 13.7. The lowest BCUT2D eigenvalue weighted by atomic mass is 10.0. The number of hydrogen-bond donors (Lipinski definition) is 1. The largest absolute Gasteiger partial charge is 0.323 e. The van der Waals surface area contributed by atoms with E-state index in [1.165, 1.54) is 0 Å². The van der Waals surface area contributed by atoms with Gasteiger partial charge < -0.3 is 10.1 Å².